The van der Waals surface area contributed by atoms with E-state index in [9.17, 15) is 15.3 Å². The van der Waals surface area contributed by atoms with Crippen LogP contribution in [0.2, 0.25) is 5.15 Å². The Morgan fingerprint density at radius 1 is 1.06 bits per heavy atom. The van der Waals surface area contributed by atoms with Crippen LogP contribution in [0.15, 0.2) is 16.5 Å². The standard InChI is InChI=1S/C26H34ClN5O4/c1-13-8-16-10-19(36-23(16)14(2)29-13)20-24(27)31-26(28-11-15-6-4-3-5-7-15)32-25(20)30-18-9-17(12-33)21(34)22(18)35/h8,10,15,17-18,21-22,33-35H,3-7,9,11-12H2,1-2H3,(H2,28,30,31,32)/t17-,18-,21-,22+/m1/s1. The van der Waals surface area contributed by atoms with E-state index in [-0.39, 0.29) is 11.8 Å². The fourth-order valence-corrected chi connectivity index (χ4v) is 5.84. The maximum absolute atomic E-state index is 10.6. The molecule has 9 nitrogen and oxygen atoms in total. The highest BCUT2D eigenvalue weighted by Gasteiger charge is 2.41. The second-order valence-corrected chi connectivity index (χ2v) is 10.6. The summed E-state index contributed by atoms with van der Waals surface area (Å²) in [5, 5.41) is 38.3. The first-order valence-electron chi connectivity index (χ1n) is 12.8. The molecule has 5 rings (SSSR count). The van der Waals surface area contributed by atoms with E-state index < -0.39 is 24.2 Å². The maximum atomic E-state index is 10.6. The highest BCUT2D eigenvalue weighted by atomic mass is 35.5. The van der Waals surface area contributed by atoms with Crippen molar-refractivity contribution in [1.29, 1.82) is 0 Å². The average Bonchev–Trinajstić information content (AvgIpc) is 3.39. The van der Waals surface area contributed by atoms with E-state index in [1.54, 1.807) is 0 Å². The van der Waals surface area contributed by atoms with Crippen molar-refractivity contribution in [1.82, 2.24) is 15.0 Å². The van der Waals surface area contributed by atoms with E-state index in [4.69, 9.17) is 21.0 Å². The summed E-state index contributed by atoms with van der Waals surface area (Å²) in [6.07, 6.45) is 4.44. The molecular formula is C26H34ClN5O4. The molecule has 0 radical (unpaired) electrons. The Bertz CT molecular complexity index is 1230. The molecule has 3 aromatic heterocycles. The minimum Gasteiger partial charge on any atom is -0.454 e. The van der Waals surface area contributed by atoms with Crippen molar-refractivity contribution in [2.45, 2.75) is 70.6 Å². The summed E-state index contributed by atoms with van der Waals surface area (Å²) in [5.74, 6) is 1.43. The first kappa shape index (κ1) is 25.2. The fraction of sp³-hybridized carbons (Fsp3) is 0.577. The van der Waals surface area contributed by atoms with Crippen LogP contribution >= 0.6 is 11.6 Å². The van der Waals surface area contributed by atoms with Gasteiger partial charge in [0.2, 0.25) is 5.95 Å². The number of aliphatic hydroxyl groups excluding tert-OH is 3. The highest BCUT2D eigenvalue weighted by Crippen LogP contribution is 2.39. The molecular weight excluding hydrogens is 482 g/mol. The van der Waals surface area contributed by atoms with Crippen LogP contribution in [0.3, 0.4) is 0 Å². The van der Waals surface area contributed by atoms with Gasteiger partial charge in [-0.05, 0) is 51.2 Å². The Labute approximate surface area is 215 Å². The first-order valence-corrected chi connectivity index (χ1v) is 13.1. The quantitative estimate of drug-likeness (QED) is 0.295. The number of pyridine rings is 1. The van der Waals surface area contributed by atoms with Crippen LogP contribution < -0.4 is 10.6 Å². The van der Waals surface area contributed by atoms with Crippen LogP contribution in [0.25, 0.3) is 22.3 Å². The topological polar surface area (TPSA) is 137 Å². The first-order chi connectivity index (χ1) is 17.3. The highest BCUT2D eigenvalue weighted by molar-refractivity contribution is 6.32. The molecule has 0 aliphatic heterocycles. The summed E-state index contributed by atoms with van der Waals surface area (Å²) < 4.78 is 6.17. The van der Waals surface area contributed by atoms with Gasteiger partial charge in [0.05, 0.1) is 23.4 Å². The lowest BCUT2D eigenvalue weighted by Crippen LogP contribution is -2.35. The molecule has 36 heavy (non-hydrogen) atoms. The monoisotopic (exact) mass is 515 g/mol. The van der Waals surface area contributed by atoms with Crippen molar-refractivity contribution >= 4 is 34.3 Å². The van der Waals surface area contributed by atoms with Crippen LogP contribution in [0.4, 0.5) is 11.8 Å². The van der Waals surface area contributed by atoms with Gasteiger partial charge in [0.15, 0.2) is 5.58 Å². The number of halogens is 1. The molecule has 0 bridgehead atoms. The van der Waals surface area contributed by atoms with E-state index in [1.165, 1.54) is 32.1 Å². The molecule has 0 aromatic carbocycles. The minimum atomic E-state index is -1.06. The van der Waals surface area contributed by atoms with E-state index in [0.717, 1.165) is 23.3 Å². The van der Waals surface area contributed by atoms with Gasteiger partial charge in [0, 0.05) is 30.1 Å². The van der Waals surface area contributed by atoms with Gasteiger partial charge in [0.1, 0.15) is 22.8 Å². The van der Waals surface area contributed by atoms with Gasteiger partial charge in [-0.3, -0.25) is 4.98 Å². The third-order valence-electron chi connectivity index (χ3n) is 7.54. The number of aromatic nitrogens is 3. The number of anilines is 2. The molecule has 3 aromatic rings. The smallest absolute Gasteiger partial charge is 0.226 e. The Balaban J connectivity index is 1.51. The zero-order valence-electron chi connectivity index (χ0n) is 20.7. The molecule has 2 saturated carbocycles. The summed E-state index contributed by atoms with van der Waals surface area (Å²) in [6.45, 7) is 4.38. The second kappa shape index (κ2) is 10.5. The SMILES string of the molecule is Cc1cc2cc(-c3c(Cl)nc(NCC4CCCCC4)nc3N[C@@H]3C[C@H](CO)[C@@H](O)[C@H]3O)oc2c(C)n1. The largest absolute Gasteiger partial charge is 0.454 e. The number of hydrogen-bond acceptors (Lipinski definition) is 9. The van der Waals surface area contributed by atoms with Gasteiger partial charge in [-0.25, -0.2) is 4.98 Å². The number of fused-ring (bicyclic) bond motifs is 1. The van der Waals surface area contributed by atoms with Gasteiger partial charge in [0.25, 0.3) is 0 Å². The number of aliphatic hydroxyl groups is 3. The Morgan fingerprint density at radius 2 is 1.83 bits per heavy atom. The summed E-state index contributed by atoms with van der Waals surface area (Å²) >= 11 is 6.74. The summed E-state index contributed by atoms with van der Waals surface area (Å²) in [5.41, 5.74) is 2.79. The van der Waals surface area contributed by atoms with Crippen molar-refractivity contribution in [3.63, 3.8) is 0 Å². The number of furan rings is 1. The van der Waals surface area contributed by atoms with Crippen molar-refractivity contribution in [3.05, 3.63) is 28.7 Å². The van der Waals surface area contributed by atoms with E-state index >= 15 is 0 Å². The molecule has 0 unspecified atom stereocenters. The van der Waals surface area contributed by atoms with E-state index in [2.05, 4.69) is 20.6 Å². The number of hydrogen-bond donors (Lipinski definition) is 5. The zero-order chi connectivity index (χ0) is 25.4. The predicted molar refractivity (Wildman–Crippen MR) is 139 cm³/mol. The van der Waals surface area contributed by atoms with Crippen molar-refractivity contribution < 1.29 is 19.7 Å². The Hall–Kier alpha value is -2.46. The fourth-order valence-electron chi connectivity index (χ4n) is 5.58. The second-order valence-electron chi connectivity index (χ2n) is 10.2. The van der Waals surface area contributed by atoms with Gasteiger partial charge in [-0.15, -0.1) is 0 Å². The molecule has 2 aliphatic carbocycles. The van der Waals surface area contributed by atoms with Crippen LogP contribution in [-0.4, -0.2) is 61.7 Å². The molecule has 0 saturated heterocycles. The predicted octanol–water partition coefficient (Wildman–Crippen LogP) is 4.06. The molecule has 2 fully saturated rings. The number of aryl methyl sites for hydroxylation is 2. The lowest BCUT2D eigenvalue weighted by Gasteiger charge is -2.23. The molecule has 10 heteroatoms. The number of nitrogens with one attached hydrogen (secondary N) is 2. The number of rotatable bonds is 7. The molecule has 0 spiro atoms. The zero-order valence-corrected chi connectivity index (χ0v) is 21.4. The van der Waals surface area contributed by atoms with Gasteiger partial charge >= 0.3 is 0 Å². The van der Waals surface area contributed by atoms with Crippen LogP contribution in [0.1, 0.15) is 49.9 Å². The van der Waals surface area contributed by atoms with Crippen molar-refractivity contribution in [2.24, 2.45) is 11.8 Å². The minimum absolute atomic E-state index is 0.211. The van der Waals surface area contributed by atoms with E-state index in [0.29, 0.717) is 41.0 Å². The summed E-state index contributed by atoms with van der Waals surface area (Å²) in [7, 11) is 0. The number of nitrogens with zero attached hydrogens (tertiary/aromatic N) is 3. The van der Waals surface area contributed by atoms with Crippen molar-refractivity contribution in [2.75, 3.05) is 23.8 Å². The van der Waals surface area contributed by atoms with Gasteiger partial charge in [-0.2, -0.15) is 4.98 Å². The summed E-state index contributed by atoms with van der Waals surface area (Å²) in [6, 6.07) is 3.31. The van der Waals surface area contributed by atoms with Crippen LogP contribution in [-0.2, 0) is 0 Å². The normalized spacial score (nSPS) is 24.9. The maximum Gasteiger partial charge on any atom is 0.226 e. The Kier molecular flexibility index (Phi) is 7.35. The molecule has 0 amide bonds. The van der Waals surface area contributed by atoms with Crippen LogP contribution in [0.5, 0.6) is 0 Å². The summed E-state index contributed by atoms with van der Waals surface area (Å²) in [4.78, 5) is 13.7. The lowest BCUT2D eigenvalue weighted by molar-refractivity contribution is 0.00446. The van der Waals surface area contributed by atoms with E-state index in [1.807, 2.05) is 26.0 Å². The molecule has 5 N–H and O–H groups in total. The molecule has 4 atom stereocenters. The molecule has 194 valence electrons. The third kappa shape index (κ3) is 5.02. The molecule has 2 aliphatic rings. The average molecular weight is 516 g/mol. The van der Waals surface area contributed by atoms with Gasteiger partial charge in [-0.1, -0.05) is 30.9 Å². The molecule has 3 heterocycles. The van der Waals surface area contributed by atoms with Crippen molar-refractivity contribution in [3.8, 4) is 11.3 Å². The third-order valence-corrected chi connectivity index (χ3v) is 7.81. The van der Waals surface area contributed by atoms with Gasteiger partial charge < -0.3 is 30.4 Å². The Morgan fingerprint density at radius 3 is 2.56 bits per heavy atom. The van der Waals surface area contributed by atoms with Crippen LogP contribution in [0, 0.1) is 25.7 Å². The lowest BCUT2D eigenvalue weighted by atomic mass is 9.89.